The molecule has 0 spiro atoms. The van der Waals surface area contributed by atoms with Crippen molar-refractivity contribution in [2.24, 2.45) is 0 Å². The Balaban J connectivity index is 1.75. The molecule has 2 aliphatic rings. The fraction of sp³-hybridized carbons (Fsp3) is 0.571. The molecule has 2 aromatic heterocycles. The predicted octanol–water partition coefficient (Wildman–Crippen LogP) is 3.20. The molecule has 1 saturated carbocycles. The van der Waals surface area contributed by atoms with Crippen LogP contribution in [-0.4, -0.2) is 25.5 Å². The fourth-order valence-corrected chi connectivity index (χ4v) is 4.11. The lowest BCUT2D eigenvalue weighted by Gasteiger charge is -2.10. The number of nitrogens with zero attached hydrogens (tertiary/aromatic N) is 3. The molecule has 18 heavy (non-hydrogen) atoms. The Hall–Kier alpha value is -1.03. The summed E-state index contributed by atoms with van der Waals surface area (Å²) in [5.74, 6) is 2.60. The molecule has 0 radical (unpaired) electrons. The van der Waals surface area contributed by atoms with Gasteiger partial charge in [-0.15, -0.1) is 0 Å². The van der Waals surface area contributed by atoms with Gasteiger partial charge in [0.1, 0.15) is 11.3 Å². The van der Waals surface area contributed by atoms with E-state index < -0.39 is 0 Å². The minimum absolute atomic E-state index is 0.673. The average Bonchev–Trinajstić information content (AvgIpc) is 2.97. The van der Waals surface area contributed by atoms with Crippen molar-refractivity contribution in [2.45, 2.75) is 43.4 Å². The van der Waals surface area contributed by atoms with Gasteiger partial charge in [-0.2, -0.15) is 11.8 Å². The monoisotopic (exact) mass is 259 g/mol. The molecule has 4 heteroatoms. The first-order valence-electron chi connectivity index (χ1n) is 6.85. The molecule has 0 N–H and O–H groups in total. The lowest BCUT2D eigenvalue weighted by atomic mass is 10.2. The lowest BCUT2D eigenvalue weighted by Crippen LogP contribution is -2.09. The molecule has 1 aliphatic carbocycles. The van der Waals surface area contributed by atoms with Crippen LogP contribution in [0.2, 0.25) is 0 Å². The van der Waals surface area contributed by atoms with E-state index in [0.717, 1.165) is 22.8 Å². The molecule has 1 atom stereocenters. The van der Waals surface area contributed by atoms with E-state index >= 15 is 0 Å². The lowest BCUT2D eigenvalue weighted by molar-refractivity contribution is 0.663. The highest BCUT2D eigenvalue weighted by atomic mass is 32.2. The highest BCUT2D eigenvalue weighted by Crippen LogP contribution is 2.39. The molecule has 0 bridgehead atoms. The van der Waals surface area contributed by atoms with Crippen LogP contribution in [0.3, 0.4) is 0 Å². The van der Waals surface area contributed by atoms with Gasteiger partial charge in [0.25, 0.3) is 0 Å². The van der Waals surface area contributed by atoms with Crippen LogP contribution in [0.4, 0.5) is 0 Å². The first-order chi connectivity index (χ1) is 8.92. The second-order valence-corrected chi connectivity index (χ2v) is 6.72. The zero-order chi connectivity index (χ0) is 11.9. The van der Waals surface area contributed by atoms with Gasteiger partial charge in [-0.05, 0) is 43.6 Å². The van der Waals surface area contributed by atoms with Crippen molar-refractivity contribution in [2.75, 3.05) is 5.75 Å². The normalized spacial score (nSPS) is 23.9. The van der Waals surface area contributed by atoms with Crippen molar-refractivity contribution in [3.63, 3.8) is 0 Å². The summed E-state index contributed by atoms with van der Waals surface area (Å²) in [5, 5.41) is 0.777. The molecule has 3 nitrogen and oxygen atoms in total. The highest BCUT2D eigenvalue weighted by molar-refractivity contribution is 8.00. The standard InChI is InChI=1S/C14H17N3S/c1-4-12-14(15-7-1)17(10-5-6-10)13(16-12)9-11-3-2-8-18-11/h1,4,7,10-11H,2-3,5-6,8-9H2. The number of thioether (sulfide) groups is 1. The Bertz CT molecular complexity index is 567. The molecule has 0 amide bonds. The molecule has 2 fully saturated rings. The van der Waals surface area contributed by atoms with Crippen LogP contribution in [0, 0.1) is 0 Å². The van der Waals surface area contributed by atoms with Crippen molar-refractivity contribution >= 4 is 22.9 Å². The number of hydrogen-bond donors (Lipinski definition) is 0. The summed E-state index contributed by atoms with van der Waals surface area (Å²) in [4.78, 5) is 9.36. The van der Waals surface area contributed by atoms with Gasteiger partial charge in [0.15, 0.2) is 5.65 Å². The summed E-state index contributed by atoms with van der Waals surface area (Å²) >= 11 is 2.11. The maximum Gasteiger partial charge on any atom is 0.160 e. The number of pyridine rings is 1. The predicted molar refractivity (Wildman–Crippen MR) is 75.0 cm³/mol. The number of rotatable bonds is 3. The largest absolute Gasteiger partial charge is 0.310 e. The van der Waals surface area contributed by atoms with Crippen LogP contribution in [0.15, 0.2) is 18.3 Å². The second-order valence-electron chi connectivity index (χ2n) is 5.31. The van der Waals surface area contributed by atoms with E-state index in [1.807, 2.05) is 12.3 Å². The Morgan fingerprint density at radius 2 is 2.28 bits per heavy atom. The van der Waals surface area contributed by atoms with E-state index in [1.165, 1.54) is 37.3 Å². The zero-order valence-electron chi connectivity index (χ0n) is 10.4. The Morgan fingerprint density at radius 1 is 1.33 bits per heavy atom. The number of aromatic nitrogens is 3. The van der Waals surface area contributed by atoms with Crippen molar-refractivity contribution in [1.29, 1.82) is 0 Å². The van der Waals surface area contributed by atoms with E-state index in [-0.39, 0.29) is 0 Å². The average molecular weight is 259 g/mol. The van der Waals surface area contributed by atoms with E-state index in [9.17, 15) is 0 Å². The second kappa shape index (κ2) is 4.26. The molecule has 0 aromatic carbocycles. The summed E-state index contributed by atoms with van der Waals surface area (Å²) in [6.45, 7) is 0. The van der Waals surface area contributed by atoms with E-state index in [2.05, 4.69) is 27.4 Å². The van der Waals surface area contributed by atoms with Gasteiger partial charge >= 0.3 is 0 Å². The number of hydrogen-bond acceptors (Lipinski definition) is 3. The summed E-state index contributed by atoms with van der Waals surface area (Å²) in [6, 6.07) is 4.75. The van der Waals surface area contributed by atoms with Crippen LogP contribution in [0.25, 0.3) is 11.2 Å². The van der Waals surface area contributed by atoms with Gasteiger partial charge in [0, 0.05) is 23.9 Å². The van der Waals surface area contributed by atoms with Crippen molar-refractivity contribution in [1.82, 2.24) is 14.5 Å². The molecule has 1 saturated heterocycles. The van der Waals surface area contributed by atoms with Crippen molar-refractivity contribution in [3.05, 3.63) is 24.2 Å². The summed E-state index contributed by atoms with van der Waals surface area (Å²) in [7, 11) is 0. The quantitative estimate of drug-likeness (QED) is 0.848. The summed E-state index contributed by atoms with van der Waals surface area (Å²) < 4.78 is 2.41. The minimum Gasteiger partial charge on any atom is -0.310 e. The topological polar surface area (TPSA) is 30.7 Å². The molecular formula is C14H17N3S. The molecule has 3 heterocycles. The van der Waals surface area contributed by atoms with Crippen LogP contribution in [0.5, 0.6) is 0 Å². The van der Waals surface area contributed by atoms with Crippen LogP contribution < -0.4 is 0 Å². The maximum absolute atomic E-state index is 4.82. The van der Waals surface area contributed by atoms with E-state index in [0.29, 0.717) is 6.04 Å². The Morgan fingerprint density at radius 3 is 3.06 bits per heavy atom. The third-order valence-corrected chi connectivity index (χ3v) is 5.27. The van der Waals surface area contributed by atoms with Gasteiger partial charge in [-0.1, -0.05) is 0 Å². The van der Waals surface area contributed by atoms with Crippen molar-refractivity contribution in [3.8, 4) is 0 Å². The molecule has 4 rings (SSSR count). The van der Waals surface area contributed by atoms with E-state index in [1.54, 1.807) is 0 Å². The Labute approximate surface area is 111 Å². The fourth-order valence-electron chi connectivity index (χ4n) is 2.85. The van der Waals surface area contributed by atoms with Crippen LogP contribution in [-0.2, 0) is 6.42 Å². The minimum atomic E-state index is 0.673. The first kappa shape index (κ1) is 10.9. The maximum atomic E-state index is 4.82. The SMILES string of the molecule is c1cnc2c(c1)nc(CC1CCCS1)n2C1CC1. The third kappa shape index (κ3) is 1.83. The highest BCUT2D eigenvalue weighted by Gasteiger charge is 2.30. The van der Waals surface area contributed by atoms with Crippen molar-refractivity contribution < 1.29 is 0 Å². The summed E-state index contributed by atoms with van der Waals surface area (Å²) in [5.41, 5.74) is 2.17. The molecule has 1 unspecified atom stereocenters. The number of fused-ring (bicyclic) bond motifs is 1. The van der Waals surface area contributed by atoms with Gasteiger partial charge in [-0.3, -0.25) is 0 Å². The molecule has 2 aromatic rings. The van der Waals surface area contributed by atoms with Gasteiger partial charge in [0.05, 0.1) is 0 Å². The van der Waals surface area contributed by atoms with Gasteiger partial charge in [0.2, 0.25) is 0 Å². The smallest absolute Gasteiger partial charge is 0.160 e. The first-order valence-corrected chi connectivity index (χ1v) is 7.90. The molecule has 1 aliphatic heterocycles. The van der Waals surface area contributed by atoms with Gasteiger partial charge in [-0.25, -0.2) is 9.97 Å². The summed E-state index contributed by atoms with van der Waals surface area (Å²) in [6.07, 6.45) is 8.33. The zero-order valence-corrected chi connectivity index (χ0v) is 11.2. The van der Waals surface area contributed by atoms with Crippen LogP contribution in [0.1, 0.15) is 37.5 Å². The van der Waals surface area contributed by atoms with E-state index in [4.69, 9.17) is 4.98 Å². The molecule has 94 valence electrons. The van der Waals surface area contributed by atoms with Gasteiger partial charge < -0.3 is 4.57 Å². The third-order valence-electron chi connectivity index (χ3n) is 3.87. The van der Waals surface area contributed by atoms with Crippen LogP contribution >= 0.6 is 11.8 Å². The Kier molecular flexibility index (Phi) is 2.57. The molecular weight excluding hydrogens is 242 g/mol. The number of imidazole rings is 1.